The second kappa shape index (κ2) is 9.78. The van der Waals surface area contributed by atoms with Crippen molar-refractivity contribution in [3.05, 3.63) is 52.9 Å². The van der Waals surface area contributed by atoms with E-state index in [1.807, 2.05) is 0 Å². The molecule has 166 valence electrons. The minimum absolute atomic E-state index is 0.0489. The molecule has 0 radical (unpaired) electrons. The Kier molecular flexibility index (Phi) is 7.11. The normalized spacial score (nSPS) is 12.9. The first-order valence-corrected chi connectivity index (χ1v) is 9.96. The van der Waals surface area contributed by atoms with Crippen LogP contribution in [-0.2, 0) is 24.4 Å². The Bertz CT molecular complexity index is 1060. The number of amides is 1. The largest absolute Gasteiger partial charge is 0.373 e. The van der Waals surface area contributed by atoms with Crippen molar-refractivity contribution in [3.63, 3.8) is 0 Å². The molecule has 31 heavy (non-hydrogen) atoms. The van der Waals surface area contributed by atoms with E-state index in [9.17, 15) is 13.6 Å². The van der Waals surface area contributed by atoms with E-state index in [0.29, 0.717) is 36.1 Å². The van der Waals surface area contributed by atoms with Crippen molar-refractivity contribution >= 4 is 5.91 Å². The van der Waals surface area contributed by atoms with Gasteiger partial charge in [-0.25, -0.2) is 13.8 Å². The average Bonchev–Trinajstić information content (AvgIpc) is 3.31. The molecule has 10 heteroatoms. The van der Waals surface area contributed by atoms with Gasteiger partial charge < -0.3 is 19.1 Å². The Hall–Kier alpha value is -3.14. The topological polar surface area (TPSA) is 95.1 Å². The molecule has 0 saturated heterocycles. The summed E-state index contributed by atoms with van der Waals surface area (Å²) in [6.45, 7) is 9.30. The molecule has 0 saturated carbocycles. The lowest BCUT2D eigenvalue weighted by molar-refractivity contribution is 0.0815. The standard InChI is InChI=1S/C17H15F2N5O3.C4H10/c1-9-21-14(27-23-9)7-20-17(25)15-13-8-26-5-4-24(13)16(22-15)10-2-3-11(18)12(19)6-10;1-4(2)3/h2-3,6H,4-5,7-8H2,1H3,(H,20,25);4H,1-3H3. The molecule has 3 aromatic rings. The monoisotopic (exact) mass is 433 g/mol. The maximum Gasteiger partial charge on any atom is 0.272 e. The summed E-state index contributed by atoms with van der Waals surface area (Å²) in [5.74, 6) is -0.423. The van der Waals surface area contributed by atoms with Crippen LogP contribution in [-0.4, -0.2) is 32.2 Å². The van der Waals surface area contributed by atoms with Gasteiger partial charge >= 0.3 is 0 Å². The lowest BCUT2D eigenvalue weighted by Crippen LogP contribution is -2.26. The summed E-state index contributed by atoms with van der Waals surface area (Å²) in [4.78, 5) is 21.0. The highest BCUT2D eigenvalue weighted by Gasteiger charge is 2.26. The maximum atomic E-state index is 13.6. The Morgan fingerprint density at radius 3 is 2.61 bits per heavy atom. The number of aromatic nitrogens is 4. The predicted molar refractivity (Wildman–Crippen MR) is 108 cm³/mol. The van der Waals surface area contributed by atoms with Gasteiger partial charge in [-0.1, -0.05) is 25.9 Å². The zero-order valence-electron chi connectivity index (χ0n) is 17.9. The quantitative estimate of drug-likeness (QED) is 0.675. The molecule has 8 nitrogen and oxygen atoms in total. The van der Waals surface area contributed by atoms with Gasteiger partial charge in [0.05, 0.1) is 25.5 Å². The molecule has 0 aliphatic carbocycles. The average molecular weight is 433 g/mol. The van der Waals surface area contributed by atoms with Crippen molar-refractivity contribution in [2.75, 3.05) is 6.61 Å². The first kappa shape index (κ1) is 22.5. The molecule has 4 rings (SSSR count). The van der Waals surface area contributed by atoms with Crippen molar-refractivity contribution < 1.29 is 22.8 Å². The minimum atomic E-state index is -0.977. The zero-order chi connectivity index (χ0) is 22.5. The van der Waals surface area contributed by atoms with Crippen molar-refractivity contribution in [3.8, 4) is 11.4 Å². The Labute approximate surface area is 178 Å². The smallest absolute Gasteiger partial charge is 0.272 e. The molecule has 1 N–H and O–H groups in total. The lowest BCUT2D eigenvalue weighted by atomic mass is 10.2. The Balaban J connectivity index is 0.000000628. The summed E-state index contributed by atoms with van der Waals surface area (Å²) >= 11 is 0. The molecule has 3 heterocycles. The van der Waals surface area contributed by atoms with Crippen LogP contribution in [0.4, 0.5) is 8.78 Å². The summed E-state index contributed by atoms with van der Waals surface area (Å²) in [6.07, 6.45) is 0. The lowest BCUT2D eigenvalue weighted by Gasteiger charge is -2.18. The van der Waals surface area contributed by atoms with E-state index < -0.39 is 17.5 Å². The van der Waals surface area contributed by atoms with Crippen LogP contribution < -0.4 is 5.32 Å². The van der Waals surface area contributed by atoms with Crippen molar-refractivity contribution in [1.29, 1.82) is 0 Å². The number of nitrogens with one attached hydrogen (secondary N) is 1. The number of carbonyl (C=O) groups excluding carboxylic acids is 1. The van der Waals surface area contributed by atoms with E-state index in [1.54, 1.807) is 11.5 Å². The Morgan fingerprint density at radius 1 is 1.23 bits per heavy atom. The number of ether oxygens (including phenoxy) is 1. The van der Waals surface area contributed by atoms with E-state index >= 15 is 0 Å². The van der Waals surface area contributed by atoms with E-state index in [4.69, 9.17) is 9.26 Å². The van der Waals surface area contributed by atoms with Gasteiger partial charge in [-0.3, -0.25) is 4.79 Å². The number of halogens is 2. The minimum Gasteiger partial charge on any atom is -0.373 e. The third kappa shape index (κ3) is 5.52. The Morgan fingerprint density at radius 2 is 1.97 bits per heavy atom. The number of nitrogens with zero attached hydrogens (tertiary/aromatic N) is 4. The van der Waals surface area contributed by atoms with E-state index in [-0.39, 0.29) is 24.7 Å². The summed E-state index contributed by atoms with van der Waals surface area (Å²) in [6, 6.07) is 3.51. The molecule has 0 atom stereocenters. The van der Waals surface area contributed by atoms with Crippen LogP contribution in [0.1, 0.15) is 48.7 Å². The van der Waals surface area contributed by atoms with Crippen LogP contribution in [0, 0.1) is 24.5 Å². The summed E-state index contributed by atoms with van der Waals surface area (Å²) in [5, 5.41) is 6.32. The van der Waals surface area contributed by atoms with Gasteiger partial charge in [0, 0.05) is 12.1 Å². The molecule has 2 aromatic heterocycles. The highest BCUT2D eigenvalue weighted by Crippen LogP contribution is 2.26. The molecular formula is C21H25F2N5O3. The van der Waals surface area contributed by atoms with Crippen LogP contribution >= 0.6 is 0 Å². The molecule has 0 unspecified atom stereocenters. The maximum absolute atomic E-state index is 13.6. The number of rotatable bonds is 4. The molecule has 1 aliphatic rings. The first-order valence-electron chi connectivity index (χ1n) is 9.96. The molecule has 1 amide bonds. The fourth-order valence-electron chi connectivity index (χ4n) is 2.89. The third-order valence-corrected chi connectivity index (χ3v) is 4.13. The van der Waals surface area contributed by atoms with E-state index in [1.165, 1.54) is 6.07 Å². The summed E-state index contributed by atoms with van der Waals surface area (Å²) in [7, 11) is 0. The van der Waals surface area contributed by atoms with Crippen LogP contribution in [0.2, 0.25) is 0 Å². The van der Waals surface area contributed by atoms with Gasteiger partial charge in [0.15, 0.2) is 23.2 Å². The third-order valence-electron chi connectivity index (χ3n) is 4.13. The summed E-state index contributed by atoms with van der Waals surface area (Å²) in [5.41, 5.74) is 1.11. The highest BCUT2D eigenvalue weighted by molar-refractivity contribution is 5.94. The van der Waals surface area contributed by atoms with Crippen LogP contribution in [0.25, 0.3) is 11.4 Å². The number of carbonyl (C=O) groups is 1. The fourth-order valence-corrected chi connectivity index (χ4v) is 2.89. The van der Waals surface area contributed by atoms with Crippen LogP contribution in [0.15, 0.2) is 22.7 Å². The number of aryl methyl sites for hydroxylation is 1. The van der Waals surface area contributed by atoms with E-state index in [0.717, 1.165) is 18.1 Å². The highest BCUT2D eigenvalue weighted by atomic mass is 19.2. The van der Waals surface area contributed by atoms with Gasteiger partial charge in [-0.2, -0.15) is 4.98 Å². The predicted octanol–water partition coefficient (Wildman–Crippen LogP) is 3.64. The molecule has 0 spiro atoms. The SMILES string of the molecule is CC(C)C.Cc1noc(CNC(=O)c2nc(-c3ccc(F)c(F)c3)n3c2COCC3)n1. The van der Waals surface area contributed by atoms with Crippen molar-refractivity contribution in [1.82, 2.24) is 25.0 Å². The van der Waals surface area contributed by atoms with Gasteiger partial charge in [0.25, 0.3) is 5.91 Å². The molecule has 1 aliphatic heterocycles. The molecule has 0 bridgehead atoms. The zero-order valence-corrected chi connectivity index (χ0v) is 17.9. The van der Waals surface area contributed by atoms with Gasteiger partial charge in [-0.15, -0.1) is 0 Å². The number of hydrogen-bond acceptors (Lipinski definition) is 6. The fraction of sp³-hybridized carbons (Fsp3) is 0.429. The number of benzene rings is 1. The van der Waals surface area contributed by atoms with E-state index in [2.05, 4.69) is 41.2 Å². The molecule has 0 fully saturated rings. The van der Waals surface area contributed by atoms with Crippen molar-refractivity contribution in [2.45, 2.75) is 47.4 Å². The summed E-state index contributed by atoms with van der Waals surface area (Å²) < 4.78 is 39.0. The second-order valence-corrected chi connectivity index (χ2v) is 7.71. The van der Waals surface area contributed by atoms with Gasteiger partial charge in [-0.05, 0) is 31.0 Å². The van der Waals surface area contributed by atoms with Crippen LogP contribution in [0.5, 0.6) is 0 Å². The number of hydrogen-bond donors (Lipinski definition) is 1. The number of imidazole rings is 1. The number of fused-ring (bicyclic) bond motifs is 1. The molecule has 1 aromatic carbocycles. The van der Waals surface area contributed by atoms with Crippen LogP contribution in [0.3, 0.4) is 0 Å². The first-order chi connectivity index (χ1) is 14.8. The molecular weight excluding hydrogens is 408 g/mol. The van der Waals surface area contributed by atoms with Gasteiger partial charge in [0.2, 0.25) is 5.89 Å². The van der Waals surface area contributed by atoms with Gasteiger partial charge in [0.1, 0.15) is 5.82 Å². The second-order valence-electron chi connectivity index (χ2n) is 7.71. The van der Waals surface area contributed by atoms with Crippen molar-refractivity contribution in [2.24, 2.45) is 5.92 Å².